The molecule has 0 heterocycles. The molecule has 0 bridgehead atoms. The topological polar surface area (TPSA) is 17.1 Å². The molecule has 0 N–H and O–H groups in total. The molecule has 1 aliphatic rings. The molecule has 1 aliphatic carbocycles. The molecule has 7 rings (SSSR count). The third kappa shape index (κ3) is 1.22. The second-order valence-electron chi connectivity index (χ2n) is 7.28. The maximum Gasteiger partial charge on any atom is 0.167 e. The quantitative estimate of drug-likeness (QED) is 0.246. The van der Waals surface area contributed by atoms with Gasteiger partial charge in [0.25, 0.3) is 0 Å². The van der Waals surface area contributed by atoms with E-state index in [-0.39, 0.29) is 5.78 Å². The fourth-order valence-corrected chi connectivity index (χ4v) is 5.10. The molecule has 6 aromatic carbocycles. The van der Waals surface area contributed by atoms with Crippen LogP contribution in [-0.4, -0.2) is 5.78 Å². The lowest BCUT2D eigenvalue weighted by Gasteiger charge is -2.24. The van der Waals surface area contributed by atoms with E-state index in [9.17, 15) is 4.79 Å². The summed E-state index contributed by atoms with van der Waals surface area (Å²) in [4.78, 5) is 12.8. The lowest BCUT2D eigenvalue weighted by atomic mass is 9.78. The van der Waals surface area contributed by atoms with Crippen LogP contribution in [0.25, 0.3) is 53.9 Å². The SMILES string of the molecule is O=C1Cc2ccc3ccc4ccc5ccc6ccc1c1c2c3c4c5c61. The Labute approximate surface area is 143 Å². The molecule has 0 radical (unpaired) electrons. The molecule has 1 nitrogen and oxygen atoms in total. The van der Waals surface area contributed by atoms with Crippen molar-refractivity contribution in [2.45, 2.75) is 6.42 Å². The lowest BCUT2D eigenvalue weighted by molar-refractivity contribution is 0.0994. The number of rotatable bonds is 0. The summed E-state index contributed by atoms with van der Waals surface area (Å²) in [5, 5.41) is 12.8. The number of carbonyl (C=O) groups excluding carboxylic acids is 1. The van der Waals surface area contributed by atoms with Crippen molar-refractivity contribution >= 4 is 59.6 Å². The molecule has 0 aliphatic heterocycles. The van der Waals surface area contributed by atoms with Gasteiger partial charge >= 0.3 is 0 Å². The molecule has 0 amide bonds. The molecule has 0 saturated heterocycles. The second-order valence-corrected chi connectivity index (χ2v) is 7.28. The normalized spacial score (nSPS) is 14.3. The zero-order valence-electron chi connectivity index (χ0n) is 13.4. The predicted octanol–water partition coefficient (Wildman–Crippen LogP) is 6.07. The van der Waals surface area contributed by atoms with Gasteiger partial charge in [-0.2, -0.15) is 0 Å². The Bertz CT molecular complexity index is 1510. The summed E-state index contributed by atoms with van der Waals surface area (Å²) < 4.78 is 0. The summed E-state index contributed by atoms with van der Waals surface area (Å²) in [5.41, 5.74) is 2.07. The van der Waals surface area contributed by atoms with E-state index in [0.717, 1.165) is 5.56 Å². The molecule has 0 aromatic heterocycles. The molecule has 0 atom stereocenters. The van der Waals surface area contributed by atoms with Gasteiger partial charge in [0, 0.05) is 17.4 Å². The average Bonchev–Trinajstić information content (AvgIpc) is 2.66. The second kappa shape index (κ2) is 3.73. The van der Waals surface area contributed by atoms with Gasteiger partial charge in [0.15, 0.2) is 5.78 Å². The predicted molar refractivity (Wildman–Crippen MR) is 104 cm³/mol. The highest BCUT2D eigenvalue weighted by molar-refractivity contribution is 6.43. The first kappa shape index (κ1) is 12.2. The smallest absolute Gasteiger partial charge is 0.167 e. The number of ketones is 1. The summed E-state index contributed by atoms with van der Waals surface area (Å²) in [7, 11) is 0. The van der Waals surface area contributed by atoms with Crippen LogP contribution in [0.4, 0.5) is 0 Å². The van der Waals surface area contributed by atoms with Gasteiger partial charge in [-0.3, -0.25) is 4.79 Å². The summed E-state index contributed by atoms with van der Waals surface area (Å²) in [6.45, 7) is 0. The minimum atomic E-state index is 0.243. The molecular formula is C24H12O. The standard InChI is InChI=1S/C24H12O/c25-18-11-16-8-7-14-4-2-12-1-3-13-5-6-15-9-10-17(18)24-22(15)20(13)19(12)21(14)23(16)24/h1-10H,11H2. The van der Waals surface area contributed by atoms with E-state index in [1.165, 1.54) is 59.4 Å². The highest BCUT2D eigenvalue weighted by Crippen LogP contribution is 2.48. The van der Waals surface area contributed by atoms with Crippen molar-refractivity contribution in [1.29, 1.82) is 0 Å². The summed E-state index contributed by atoms with van der Waals surface area (Å²) in [6, 6.07) is 21.8. The third-order valence-corrected chi connectivity index (χ3v) is 6.12. The van der Waals surface area contributed by atoms with Gasteiger partial charge in [-0.1, -0.05) is 60.7 Å². The maximum atomic E-state index is 12.8. The zero-order valence-corrected chi connectivity index (χ0v) is 13.4. The van der Waals surface area contributed by atoms with Gasteiger partial charge in [-0.25, -0.2) is 0 Å². The Hall–Kier alpha value is -3.19. The summed E-state index contributed by atoms with van der Waals surface area (Å²) in [5.74, 6) is 0.243. The van der Waals surface area contributed by atoms with E-state index in [0.29, 0.717) is 6.42 Å². The van der Waals surface area contributed by atoms with Crippen molar-refractivity contribution in [1.82, 2.24) is 0 Å². The van der Waals surface area contributed by atoms with Crippen LogP contribution in [0, 0.1) is 0 Å². The lowest BCUT2D eigenvalue weighted by Crippen LogP contribution is -2.11. The number of carbonyl (C=O) groups is 1. The molecule has 0 saturated carbocycles. The molecule has 0 unspecified atom stereocenters. The molecular weight excluding hydrogens is 304 g/mol. The Morgan fingerprint density at radius 1 is 0.480 bits per heavy atom. The zero-order chi connectivity index (χ0) is 16.3. The molecule has 0 spiro atoms. The number of Topliss-reactive ketones (excluding diaryl/α,β-unsaturated/α-hetero) is 1. The van der Waals surface area contributed by atoms with Crippen LogP contribution in [0.2, 0.25) is 0 Å². The number of hydrogen-bond acceptors (Lipinski definition) is 1. The monoisotopic (exact) mass is 316 g/mol. The number of benzene rings is 6. The van der Waals surface area contributed by atoms with E-state index in [2.05, 4.69) is 54.6 Å². The maximum absolute atomic E-state index is 12.8. The van der Waals surface area contributed by atoms with Crippen LogP contribution in [0.15, 0.2) is 60.7 Å². The van der Waals surface area contributed by atoms with Crippen molar-refractivity contribution < 1.29 is 4.79 Å². The fraction of sp³-hybridized carbons (Fsp3) is 0.0417. The first-order valence-electron chi connectivity index (χ1n) is 8.71. The van der Waals surface area contributed by atoms with E-state index in [1.54, 1.807) is 0 Å². The van der Waals surface area contributed by atoms with Gasteiger partial charge in [0.2, 0.25) is 0 Å². The molecule has 114 valence electrons. The van der Waals surface area contributed by atoms with E-state index >= 15 is 0 Å². The minimum Gasteiger partial charge on any atom is -0.294 e. The van der Waals surface area contributed by atoms with Crippen LogP contribution in [-0.2, 0) is 6.42 Å². The van der Waals surface area contributed by atoms with Gasteiger partial charge in [0.1, 0.15) is 0 Å². The highest BCUT2D eigenvalue weighted by atomic mass is 16.1. The Morgan fingerprint density at radius 3 is 1.52 bits per heavy atom. The summed E-state index contributed by atoms with van der Waals surface area (Å²) >= 11 is 0. The number of hydrogen-bond donors (Lipinski definition) is 0. The van der Waals surface area contributed by atoms with Crippen molar-refractivity contribution in [2.75, 3.05) is 0 Å². The van der Waals surface area contributed by atoms with Crippen molar-refractivity contribution in [3.05, 3.63) is 71.8 Å². The van der Waals surface area contributed by atoms with Crippen molar-refractivity contribution in [3.8, 4) is 0 Å². The van der Waals surface area contributed by atoms with Crippen LogP contribution in [0.1, 0.15) is 15.9 Å². The van der Waals surface area contributed by atoms with Gasteiger partial charge < -0.3 is 0 Å². The Kier molecular flexibility index (Phi) is 1.82. The first-order valence-corrected chi connectivity index (χ1v) is 8.71. The van der Waals surface area contributed by atoms with Crippen LogP contribution in [0.5, 0.6) is 0 Å². The Balaban J connectivity index is 2.06. The summed E-state index contributed by atoms with van der Waals surface area (Å²) in [6.07, 6.45) is 0.512. The molecule has 0 fully saturated rings. The third-order valence-electron chi connectivity index (χ3n) is 6.12. The first-order chi connectivity index (χ1) is 12.3. The largest absolute Gasteiger partial charge is 0.294 e. The van der Waals surface area contributed by atoms with Crippen LogP contribution in [0.3, 0.4) is 0 Å². The fourth-order valence-electron chi connectivity index (χ4n) is 5.10. The highest BCUT2D eigenvalue weighted by Gasteiger charge is 2.26. The van der Waals surface area contributed by atoms with Crippen molar-refractivity contribution in [3.63, 3.8) is 0 Å². The van der Waals surface area contributed by atoms with Gasteiger partial charge in [0.05, 0.1) is 0 Å². The van der Waals surface area contributed by atoms with Crippen LogP contribution >= 0.6 is 0 Å². The van der Waals surface area contributed by atoms with Crippen LogP contribution < -0.4 is 0 Å². The molecule has 6 aromatic rings. The molecule has 1 heteroatoms. The van der Waals surface area contributed by atoms with Crippen molar-refractivity contribution in [2.24, 2.45) is 0 Å². The average molecular weight is 316 g/mol. The van der Waals surface area contributed by atoms with E-state index in [1.807, 2.05) is 6.07 Å². The van der Waals surface area contributed by atoms with E-state index in [4.69, 9.17) is 0 Å². The van der Waals surface area contributed by atoms with Gasteiger partial charge in [-0.05, 0) is 54.0 Å². The van der Waals surface area contributed by atoms with Gasteiger partial charge in [-0.15, -0.1) is 0 Å². The molecule has 25 heavy (non-hydrogen) atoms. The van der Waals surface area contributed by atoms with E-state index < -0.39 is 0 Å². The Morgan fingerprint density at radius 2 is 0.920 bits per heavy atom. The minimum absolute atomic E-state index is 0.243.